The third-order valence-corrected chi connectivity index (χ3v) is 3.68. The molecule has 2 atom stereocenters. The number of nitrogens with one attached hydrogen (secondary N) is 1. The van der Waals surface area contributed by atoms with E-state index in [1.807, 2.05) is 13.0 Å². The van der Waals surface area contributed by atoms with E-state index in [1.54, 1.807) is 13.2 Å². The molecular formula is C13H20N2O3S. The summed E-state index contributed by atoms with van der Waals surface area (Å²) in [4.78, 5) is 11.1. The Morgan fingerprint density at radius 2 is 2.16 bits per heavy atom. The molecule has 106 valence electrons. The Hall–Kier alpha value is -1.56. The predicted octanol–water partition coefficient (Wildman–Crippen LogP) is 1.84. The Labute approximate surface area is 115 Å². The summed E-state index contributed by atoms with van der Waals surface area (Å²) in [5.74, 6) is -0.417. The number of aryl methyl sites for hydroxylation is 1. The van der Waals surface area contributed by atoms with Crippen LogP contribution in [0.3, 0.4) is 0 Å². The smallest absolute Gasteiger partial charge is 0.337 e. The van der Waals surface area contributed by atoms with Crippen molar-refractivity contribution in [3.63, 3.8) is 0 Å². The molecule has 1 aromatic carbocycles. The molecular weight excluding hydrogens is 264 g/mol. The van der Waals surface area contributed by atoms with Crippen molar-refractivity contribution >= 4 is 28.1 Å². The number of nitrogen functional groups attached to an aromatic ring is 1. The Morgan fingerprint density at radius 3 is 2.68 bits per heavy atom. The highest BCUT2D eigenvalue weighted by molar-refractivity contribution is 7.84. The van der Waals surface area contributed by atoms with Gasteiger partial charge in [-0.2, -0.15) is 0 Å². The van der Waals surface area contributed by atoms with E-state index in [-0.39, 0.29) is 11.6 Å². The van der Waals surface area contributed by atoms with Crippen molar-refractivity contribution in [2.75, 3.05) is 23.1 Å². The Balaban J connectivity index is 2.84. The molecule has 0 spiro atoms. The summed E-state index contributed by atoms with van der Waals surface area (Å²) >= 11 is 0. The zero-order valence-corrected chi connectivity index (χ0v) is 12.2. The normalized spacial score (nSPS) is 13.8. The molecule has 0 radical (unpaired) electrons. The summed E-state index contributed by atoms with van der Waals surface area (Å²) in [7, 11) is -0.818. The van der Waals surface area contributed by atoms with Crippen LogP contribution in [0.2, 0.25) is 0 Å². The SMILES string of the molecule is Cc1cc(NC(C)CCS(C)=O)cc(C(=O)O)c1N. The van der Waals surface area contributed by atoms with Crippen molar-refractivity contribution in [1.82, 2.24) is 0 Å². The minimum absolute atomic E-state index is 0.105. The minimum atomic E-state index is -1.04. The molecule has 0 saturated carbocycles. The molecule has 0 amide bonds. The number of nitrogens with two attached hydrogens (primary N) is 1. The second-order valence-electron chi connectivity index (χ2n) is 4.67. The quantitative estimate of drug-likeness (QED) is 0.693. The van der Waals surface area contributed by atoms with Gasteiger partial charge in [0, 0.05) is 40.2 Å². The lowest BCUT2D eigenvalue weighted by Gasteiger charge is -2.16. The van der Waals surface area contributed by atoms with Crippen molar-refractivity contribution in [2.24, 2.45) is 0 Å². The number of carboxylic acids is 1. The maximum atomic E-state index is 11.1. The highest BCUT2D eigenvalue weighted by Gasteiger charge is 2.12. The van der Waals surface area contributed by atoms with Crippen LogP contribution in [0.15, 0.2) is 12.1 Å². The van der Waals surface area contributed by atoms with Gasteiger partial charge in [-0.25, -0.2) is 4.79 Å². The fraction of sp³-hybridized carbons (Fsp3) is 0.462. The van der Waals surface area contributed by atoms with Gasteiger partial charge in [-0.1, -0.05) is 0 Å². The van der Waals surface area contributed by atoms with Gasteiger partial charge in [0.1, 0.15) is 0 Å². The van der Waals surface area contributed by atoms with E-state index >= 15 is 0 Å². The lowest BCUT2D eigenvalue weighted by molar-refractivity contribution is 0.0698. The van der Waals surface area contributed by atoms with Crippen LogP contribution in [0.1, 0.15) is 29.3 Å². The molecule has 0 bridgehead atoms. The number of aromatic carboxylic acids is 1. The van der Waals surface area contributed by atoms with Crippen LogP contribution in [0, 0.1) is 6.92 Å². The number of hydrogen-bond donors (Lipinski definition) is 3. The summed E-state index contributed by atoms with van der Waals surface area (Å²) in [6.45, 7) is 3.75. The fourth-order valence-electron chi connectivity index (χ4n) is 1.76. The maximum absolute atomic E-state index is 11.1. The molecule has 0 saturated heterocycles. The predicted molar refractivity (Wildman–Crippen MR) is 79.2 cm³/mol. The lowest BCUT2D eigenvalue weighted by atomic mass is 10.1. The Kier molecular flexibility index (Phi) is 5.35. The van der Waals surface area contributed by atoms with Crippen LogP contribution >= 0.6 is 0 Å². The lowest BCUT2D eigenvalue weighted by Crippen LogP contribution is -2.18. The van der Waals surface area contributed by atoms with E-state index < -0.39 is 16.8 Å². The first-order chi connectivity index (χ1) is 8.81. The molecule has 0 heterocycles. The van der Waals surface area contributed by atoms with Crippen LogP contribution in [-0.2, 0) is 10.8 Å². The highest BCUT2D eigenvalue weighted by Crippen LogP contribution is 2.23. The van der Waals surface area contributed by atoms with Gasteiger partial charge in [0.25, 0.3) is 0 Å². The topological polar surface area (TPSA) is 92.4 Å². The Morgan fingerprint density at radius 1 is 1.53 bits per heavy atom. The van der Waals surface area contributed by atoms with Gasteiger partial charge in [0.2, 0.25) is 0 Å². The van der Waals surface area contributed by atoms with Crippen LogP contribution in [-0.4, -0.2) is 33.3 Å². The van der Waals surface area contributed by atoms with Gasteiger partial charge in [0.15, 0.2) is 0 Å². The first-order valence-corrected chi connectivity index (χ1v) is 7.74. The number of carboxylic acid groups (broad SMARTS) is 1. The van der Waals surface area contributed by atoms with Crippen molar-refractivity contribution in [3.8, 4) is 0 Å². The summed E-state index contributed by atoms with van der Waals surface area (Å²) in [6.07, 6.45) is 2.43. The second kappa shape index (κ2) is 6.56. The zero-order valence-electron chi connectivity index (χ0n) is 11.4. The number of anilines is 2. The van der Waals surface area contributed by atoms with Gasteiger partial charge < -0.3 is 16.2 Å². The molecule has 0 aromatic heterocycles. The molecule has 0 aliphatic rings. The molecule has 1 aromatic rings. The molecule has 4 N–H and O–H groups in total. The number of benzene rings is 1. The number of hydrogen-bond acceptors (Lipinski definition) is 4. The summed E-state index contributed by atoms with van der Waals surface area (Å²) in [6, 6.07) is 3.47. The average molecular weight is 284 g/mol. The van der Waals surface area contributed by atoms with Crippen molar-refractivity contribution in [3.05, 3.63) is 23.3 Å². The third-order valence-electron chi connectivity index (χ3n) is 2.87. The molecule has 0 fully saturated rings. The van der Waals surface area contributed by atoms with E-state index in [1.165, 1.54) is 6.07 Å². The minimum Gasteiger partial charge on any atom is -0.478 e. The van der Waals surface area contributed by atoms with Crippen LogP contribution in [0.5, 0.6) is 0 Å². The van der Waals surface area contributed by atoms with Crippen LogP contribution in [0.25, 0.3) is 0 Å². The van der Waals surface area contributed by atoms with E-state index in [4.69, 9.17) is 10.8 Å². The molecule has 1 rings (SSSR count). The van der Waals surface area contributed by atoms with Gasteiger partial charge in [-0.3, -0.25) is 4.21 Å². The first kappa shape index (κ1) is 15.5. The summed E-state index contributed by atoms with van der Waals surface area (Å²) < 4.78 is 11.0. The number of carbonyl (C=O) groups is 1. The van der Waals surface area contributed by atoms with Gasteiger partial charge in [0.05, 0.1) is 5.56 Å². The number of rotatable bonds is 6. The second-order valence-corrected chi connectivity index (χ2v) is 6.23. The molecule has 0 aliphatic heterocycles. The molecule has 0 aliphatic carbocycles. The van der Waals surface area contributed by atoms with Crippen molar-refractivity contribution in [2.45, 2.75) is 26.3 Å². The van der Waals surface area contributed by atoms with Crippen LogP contribution in [0.4, 0.5) is 11.4 Å². The van der Waals surface area contributed by atoms with Gasteiger partial charge in [-0.05, 0) is 38.0 Å². The first-order valence-electron chi connectivity index (χ1n) is 6.01. The highest BCUT2D eigenvalue weighted by atomic mass is 32.2. The van der Waals surface area contributed by atoms with E-state index in [0.29, 0.717) is 11.4 Å². The van der Waals surface area contributed by atoms with Crippen molar-refractivity contribution in [1.29, 1.82) is 0 Å². The molecule has 5 nitrogen and oxygen atoms in total. The van der Waals surface area contributed by atoms with Gasteiger partial charge >= 0.3 is 5.97 Å². The fourth-order valence-corrected chi connectivity index (χ4v) is 2.44. The monoisotopic (exact) mass is 284 g/mol. The van der Waals surface area contributed by atoms with Crippen LogP contribution < -0.4 is 11.1 Å². The third kappa shape index (κ3) is 4.55. The standard InChI is InChI=1S/C13H20N2O3S/c1-8-6-10(7-11(12(8)14)13(16)17)15-9(2)4-5-19(3)18/h6-7,9,15H,4-5,14H2,1-3H3,(H,16,17). The van der Waals surface area contributed by atoms with E-state index in [2.05, 4.69) is 5.32 Å². The maximum Gasteiger partial charge on any atom is 0.337 e. The largest absolute Gasteiger partial charge is 0.478 e. The summed E-state index contributed by atoms with van der Waals surface area (Å²) in [5, 5.41) is 12.3. The zero-order chi connectivity index (χ0) is 14.6. The van der Waals surface area contributed by atoms with Crippen molar-refractivity contribution < 1.29 is 14.1 Å². The molecule has 2 unspecified atom stereocenters. The molecule has 19 heavy (non-hydrogen) atoms. The van der Waals surface area contributed by atoms with E-state index in [9.17, 15) is 9.00 Å². The summed E-state index contributed by atoms with van der Waals surface area (Å²) in [5.41, 5.74) is 7.58. The van der Waals surface area contributed by atoms with Gasteiger partial charge in [-0.15, -0.1) is 0 Å². The van der Waals surface area contributed by atoms with E-state index in [0.717, 1.165) is 17.7 Å². The Bertz CT molecular complexity index is 503. The molecule has 6 heteroatoms. The average Bonchev–Trinajstić information content (AvgIpc) is 2.30.